The molecule has 2 N–H and O–H groups in total. The number of nitrogens with zero attached hydrogens (tertiary/aromatic N) is 4. The van der Waals surface area contributed by atoms with E-state index in [9.17, 15) is 19.7 Å². The van der Waals surface area contributed by atoms with Gasteiger partial charge in [0.25, 0.3) is 11.6 Å². The Labute approximate surface area is 171 Å². The third kappa shape index (κ3) is 4.48. The Morgan fingerprint density at radius 1 is 1.23 bits per heavy atom. The predicted molar refractivity (Wildman–Crippen MR) is 108 cm³/mol. The van der Waals surface area contributed by atoms with Gasteiger partial charge in [-0.05, 0) is 31.2 Å². The Bertz CT molecular complexity index is 1180. The van der Waals surface area contributed by atoms with Gasteiger partial charge in [-0.3, -0.25) is 19.7 Å². The zero-order valence-corrected chi connectivity index (χ0v) is 15.8. The first-order chi connectivity index (χ1) is 14.4. The Kier molecular flexibility index (Phi) is 5.84. The van der Waals surface area contributed by atoms with E-state index in [4.69, 9.17) is 6.42 Å². The van der Waals surface area contributed by atoms with Gasteiger partial charge in [-0.2, -0.15) is 0 Å². The van der Waals surface area contributed by atoms with Crippen molar-refractivity contribution >= 4 is 23.2 Å². The molecule has 3 aromatic rings. The number of nitrogens with one attached hydrogen (secondary N) is 2. The van der Waals surface area contributed by atoms with Crippen molar-refractivity contribution in [3.63, 3.8) is 0 Å². The first-order valence-electron chi connectivity index (χ1n) is 8.71. The molecule has 0 spiro atoms. The fourth-order valence-corrected chi connectivity index (χ4v) is 2.66. The average Bonchev–Trinajstić information content (AvgIpc) is 3.13. The van der Waals surface area contributed by atoms with Crippen LogP contribution >= 0.6 is 0 Å². The predicted octanol–water partition coefficient (Wildman–Crippen LogP) is 1.83. The maximum absolute atomic E-state index is 12.4. The van der Waals surface area contributed by atoms with Gasteiger partial charge in [0.1, 0.15) is 0 Å². The number of nitro benzene ring substituents is 1. The minimum absolute atomic E-state index is 0.00337. The van der Waals surface area contributed by atoms with Crippen LogP contribution in [-0.4, -0.2) is 38.3 Å². The lowest BCUT2D eigenvalue weighted by atomic mass is 10.2. The van der Waals surface area contributed by atoms with E-state index in [1.165, 1.54) is 22.9 Å². The number of aromatic nitrogens is 3. The monoisotopic (exact) mass is 404 g/mol. The van der Waals surface area contributed by atoms with Crippen LogP contribution in [0.5, 0.6) is 0 Å². The van der Waals surface area contributed by atoms with Crippen molar-refractivity contribution in [1.29, 1.82) is 0 Å². The van der Waals surface area contributed by atoms with Crippen molar-refractivity contribution in [2.75, 3.05) is 11.9 Å². The Hall–Kier alpha value is -4.52. The van der Waals surface area contributed by atoms with Gasteiger partial charge in [0.15, 0.2) is 5.69 Å². The lowest BCUT2D eigenvalue weighted by molar-refractivity contribution is -0.384. The fraction of sp³-hybridized carbons (Fsp3) is 0.100. The molecule has 3 rings (SSSR count). The largest absolute Gasteiger partial charge is 0.342 e. The number of anilines is 1. The number of hydrogen-bond acceptors (Lipinski definition) is 6. The number of benzene rings is 2. The lowest BCUT2D eigenvalue weighted by Gasteiger charge is -2.07. The molecule has 0 unspecified atom stereocenters. The molecule has 0 aliphatic heterocycles. The quantitative estimate of drug-likeness (QED) is 0.366. The molecule has 0 atom stereocenters. The van der Waals surface area contributed by atoms with Gasteiger partial charge in [-0.1, -0.05) is 23.3 Å². The molecule has 2 aromatic carbocycles. The molecule has 30 heavy (non-hydrogen) atoms. The summed E-state index contributed by atoms with van der Waals surface area (Å²) in [6.45, 7) is 1.31. The van der Waals surface area contributed by atoms with Crippen molar-refractivity contribution in [3.05, 3.63) is 75.6 Å². The number of non-ortho nitro benzene ring substituents is 1. The van der Waals surface area contributed by atoms with E-state index >= 15 is 0 Å². The highest BCUT2D eigenvalue weighted by Gasteiger charge is 2.19. The van der Waals surface area contributed by atoms with E-state index in [-0.39, 0.29) is 17.9 Å². The minimum Gasteiger partial charge on any atom is -0.342 e. The molecule has 1 aromatic heterocycles. The van der Waals surface area contributed by atoms with Crippen molar-refractivity contribution in [1.82, 2.24) is 20.3 Å². The highest BCUT2D eigenvalue weighted by atomic mass is 16.6. The van der Waals surface area contributed by atoms with E-state index in [0.29, 0.717) is 22.6 Å². The number of rotatable bonds is 6. The number of carbonyl (C=O) groups is 2. The number of amides is 2. The highest BCUT2D eigenvalue weighted by molar-refractivity contribution is 5.98. The van der Waals surface area contributed by atoms with Crippen molar-refractivity contribution in [2.45, 2.75) is 6.92 Å². The van der Waals surface area contributed by atoms with Gasteiger partial charge in [0, 0.05) is 23.4 Å². The first kappa shape index (κ1) is 20.2. The molecule has 1 heterocycles. The van der Waals surface area contributed by atoms with Crippen LogP contribution in [0.3, 0.4) is 0 Å². The van der Waals surface area contributed by atoms with Crippen LogP contribution < -0.4 is 10.6 Å². The number of carbonyl (C=O) groups excluding carboxylic acids is 2. The normalized spacial score (nSPS) is 10.1. The van der Waals surface area contributed by atoms with Gasteiger partial charge >= 0.3 is 0 Å². The lowest BCUT2D eigenvalue weighted by Crippen LogP contribution is -2.33. The molecule has 10 heteroatoms. The van der Waals surface area contributed by atoms with Crippen molar-refractivity contribution in [2.24, 2.45) is 0 Å². The molecule has 0 fully saturated rings. The minimum atomic E-state index is -0.600. The molecule has 2 amide bonds. The highest BCUT2D eigenvalue weighted by Crippen LogP contribution is 2.18. The molecule has 0 bridgehead atoms. The second kappa shape index (κ2) is 8.66. The summed E-state index contributed by atoms with van der Waals surface area (Å²) < 4.78 is 1.31. The van der Waals surface area contributed by atoms with E-state index in [1.54, 1.807) is 37.3 Å². The van der Waals surface area contributed by atoms with Gasteiger partial charge < -0.3 is 10.6 Å². The van der Waals surface area contributed by atoms with Crippen molar-refractivity contribution in [3.8, 4) is 18.0 Å². The summed E-state index contributed by atoms with van der Waals surface area (Å²) in [5, 5.41) is 23.8. The van der Waals surface area contributed by atoms with Crippen LogP contribution in [-0.2, 0) is 4.79 Å². The van der Waals surface area contributed by atoms with E-state index in [1.807, 2.05) is 0 Å². The summed E-state index contributed by atoms with van der Waals surface area (Å²) in [5.74, 6) is 1.42. The summed E-state index contributed by atoms with van der Waals surface area (Å²) in [5.41, 5.74) is 1.78. The summed E-state index contributed by atoms with van der Waals surface area (Å²) in [6.07, 6.45) is 5.33. The van der Waals surface area contributed by atoms with Crippen LogP contribution in [0.1, 0.15) is 21.7 Å². The first-order valence-corrected chi connectivity index (χ1v) is 8.71. The zero-order chi connectivity index (χ0) is 21.7. The van der Waals surface area contributed by atoms with Crippen LogP contribution in [0.4, 0.5) is 11.4 Å². The van der Waals surface area contributed by atoms with Gasteiger partial charge in [-0.25, -0.2) is 4.68 Å². The fourth-order valence-electron chi connectivity index (χ4n) is 2.66. The number of hydrogen-bond donors (Lipinski definition) is 2. The number of nitro groups is 1. The Morgan fingerprint density at radius 2 is 2.00 bits per heavy atom. The van der Waals surface area contributed by atoms with Crippen LogP contribution in [0, 0.1) is 29.4 Å². The van der Waals surface area contributed by atoms with Crippen molar-refractivity contribution < 1.29 is 14.5 Å². The molecular formula is C20H16N6O4. The molecule has 0 aliphatic rings. The van der Waals surface area contributed by atoms with E-state index < -0.39 is 16.7 Å². The molecule has 0 radical (unpaired) electrons. The Morgan fingerprint density at radius 3 is 2.73 bits per heavy atom. The topological polar surface area (TPSA) is 132 Å². The third-order valence-electron chi connectivity index (χ3n) is 4.12. The molecule has 0 saturated heterocycles. The molecule has 0 saturated carbocycles. The maximum atomic E-state index is 12.4. The Balaban J connectivity index is 1.66. The van der Waals surface area contributed by atoms with Gasteiger partial charge in [0.2, 0.25) is 5.91 Å². The average molecular weight is 404 g/mol. The third-order valence-corrected chi connectivity index (χ3v) is 4.12. The summed E-state index contributed by atoms with van der Waals surface area (Å²) in [7, 11) is 0. The summed E-state index contributed by atoms with van der Waals surface area (Å²) >= 11 is 0. The smallest absolute Gasteiger partial charge is 0.274 e. The summed E-state index contributed by atoms with van der Waals surface area (Å²) in [4.78, 5) is 34.9. The van der Waals surface area contributed by atoms with Gasteiger partial charge in [0.05, 0.1) is 22.8 Å². The standard InChI is InChI=1S/C20H16N6O4/c1-3-14-6-4-7-15(10-14)22-18(27)12-21-20(28)19-13(2)25(24-23-19)16-8-5-9-17(11-16)26(29)30/h1,4-11H,12H2,2H3,(H,21,28)(H,22,27). The number of terminal acetylenes is 1. The maximum Gasteiger partial charge on any atom is 0.274 e. The summed E-state index contributed by atoms with van der Waals surface area (Å²) in [6, 6.07) is 12.5. The molecule has 0 aliphatic carbocycles. The van der Waals surface area contributed by atoms with Gasteiger partial charge in [-0.15, -0.1) is 11.5 Å². The molecular weight excluding hydrogens is 388 g/mol. The second-order valence-electron chi connectivity index (χ2n) is 6.17. The van der Waals surface area contributed by atoms with Crippen LogP contribution in [0.15, 0.2) is 48.5 Å². The van der Waals surface area contributed by atoms with Crippen LogP contribution in [0.2, 0.25) is 0 Å². The molecule has 10 nitrogen and oxygen atoms in total. The second-order valence-corrected chi connectivity index (χ2v) is 6.17. The zero-order valence-electron chi connectivity index (χ0n) is 15.8. The van der Waals surface area contributed by atoms with Crippen LogP contribution in [0.25, 0.3) is 5.69 Å². The van der Waals surface area contributed by atoms with E-state index in [0.717, 1.165) is 0 Å². The van der Waals surface area contributed by atoms with E-state index in [2.05, 4.69) is 26.9 Å². The SMILES string of the molecule is C#Cc1cccc(NC(=O)CNC(=O)c2nnn(-c3cccc([N+](=O)[O-])c3)c2C)c1. The molecule has 150 valence electrons.